The molecule has 0 saturated heterocycles. The summed E-state index contributed by atoms with van der Waals surface area (Å²) in [6.45, 7) is 37.8. The second-order valence-electron chi connectivity index (χ2n) is 28.4. The molecule has 12 rings (SSSR count). The number of rotatable bonds is 4. The van der Waals surface area contributed by atoms with Gasteiger partial charge in [0.05, 0.1) is 5.69 Å². The Morgan fingerprint density at radius 3 is 1.32 bits per heavy atom. The van der Waals surface area contributed by atoms with Gasteiger partial charge < -0.3 is 9.64 Å². The van der Waals surface area contributed by atoms with E-state index in [0.717, 1.165) is 34.0 Å². The Balaban J connectivity index is 1.24. The van der Waals surface area contributed by atoms with Crippen molar-refractivity contribution in [3.05, 3.63) is 215 Å². The number of ether oxygens (including phenoxy) is 1. The molecule has 2 nitrogen and oxygen atoms in total. The zero-order valence-corrected chi connectivity index (χ0v) is 49.8. The van der Waals surface area contributed by atoms with Crippen molar-refractivity contribution >= 4 is 40.2 Å². The maximum absolute atomic E-state index is 7.45. The molecule has 8 bridgehead atoms. The van der Waals surface area contributed by atoms with Crippen LogP contribution >= 0.6 is 0 Å². The van der Waals surface area contributed by atoms with Crippen LogP contribution in [0.5, 0.6) is 11.5 Å². The second-order valence-corrected chi connectivity index (χ2v) is 28.4. The number of hydrogen-bond acceptors (Lipinski definition) is 2. The van der Waals surface area contributed by atoms with Crippen molar-refractivity contribution in [2.75, 3.05) is 4.90 Å². The van der Waals surface area contributed by atoms with Crippen molar-refractivity contribution < 1.29 is 4.74 Å². The lowest BCUT2D eigenvalue weighted by molar-refractivity contribution is 0.302. The molecule has 0 atom stereocenters. The van der Waals surface area contributed by atoms with Crippen molar-refractivity contribution in [3.63, 3.8) is 0 Å². The number of hydrogen-bond donors (Lipinski definition) is 0. The molecule has 396 valence electrons. The number of anilines is 3. The highest BCUT2D eigenvalue weighted by molar-refractivity contribution is 6.99. The lowest BCUT2D eigenvalue weighted by Gasteiger charge is -2.44. The third kappa shape index (κ3) is 8.88. The van der Waals surface area contributed by atoms with Gasteiger partial charge in [0.15, 0.2) is 0 Å². The molecular weight excluding hydrogens is 954 g/mol. The molecule has 0 amide bonds. The smallest absolute Gasteiger partial charge is 0.256 e. The fraction of sp³-hybridized carbons (Fsp3) is 0.289. The van der Waals surface area contributed by atoms with E-state index in [2.05, 4.69) is 298 Å². The van der Waals surface area contributed by atoms with E-state index in [1.807, 2.05) is 0 Å². The van der Waals surface area contributed by atoms with Crippen LogP contribution in [0.15, 0.2) is 182 Å². The Morgan fingerprint density at radius 2 is 0.797 bits per heavy atom. The predicted molar refractivity (Wildman–Crippen MR) is 340 cm³/mol. The first-order valence-corrected chi connectivity index (χ1v) is 28.8. The summed E-state index contributed by atoms with van der Waals surface area (Å²) in [6, 6.07) is 70.6. The van der Waals surface area contributed by atoms with Gasteiger partial charge in [-0.3, -0.25) is 0 Å². The highest BCUT2D eigenvalue weighted by atomic mass is 16.5. The lowest BCUT2D eigenvalue weighted by Crippen LogP contribution is -2.59. The molecule has 9 aromatic rings. The molecule has 0 unspecified atom stereocenters. The Hall–Kier alpha value is -7.36. The number of benzene rings is 9. The van der Waals surface area contributed by atoms with Gasteiger partial charge in [0.1, 0.15) is 11.5 Å². The van der Waals surface area contributed by atoms with Gasteiger partial charge in [-0.05, 0) is 151 Å². The molecule has 0 radical (unpaired) electrons. The summed E-state index contributed by atoms with van der Waals surface area (Å²) in [5, 5.41) is 0. The van der Waals surface area contributed by atoms with Crippen LogP contribution in [0.25, 0.3) is 55.6 Å². The third-order valence-electron chi connectivity index (χ3n) is 18.5. The number of para-hydroxylation sites is 1. The monoisotopic (exact) mass is 1030 g/mol. The molecular formula is C76H78BNO. The second kappa shape index (κ2) is 18.1. The first-order valence-electron chi connectivity index (χ1n) is 28.8. The summed E-state index contributed by atoms with van der Waals surface area (Å²) in [5.41, 5.74) is 26.1. The molecule has 3 aliphatic heterocycles. The molecule has 79 heavy (non-hydrogen) atoms. The minimum absolute atomic E-state index is 0.0485. The number of nitrogens with zero attached hydrogens (tertiary/aromatic N) is 1. The summed E-state index contributed by atoms with van der Waals surface area (Å²) in [5.74, 6) is 1.79. The largest absolute Gasteiger partial charge is 0.458 e. The van der Waals surface area contributed by atoms with Crippen molar-refractivity contribution in [2.24, 2.45) is 0 Å². The Morgan fingerprint density at radius 1 is 0.342 bits per heavy atom. The fourth-order valence-corrected chi connectivity index (χ4v) is 12.6. The zero-order valence-electron chi connectivity index (χ0n) is 49.8. The van der Waals surface area contributed by atoms with Crippen LogP contribution in [0.2, 0.25) is 0 Å². The van der Waals surface area contributed by atoms with Gasteiger partial charge in [0.25, 0.3) is 6.71 Å². The van der Waals surface area contributed by atoms with Gasteiger partial charge in [-0.15, -0.1) is 0 Å². The molecule has 3 heteroatoms. The molecule has 3 aliphatic rings. The van der Waals surface area contributed by atoms with E-state index in [0.29, 0.717) is 0 Å². The molecule has 3 heterocycles. The molecule has 0 aliphatic carbocycles. The first-order chi connectivity index (χ1) is 37.2. The van der Waals surface area contributed by atoms with E-state index >= 15 is 0 Å². The van der Waals surface area contributed by atoms with Crippen molar-refractivity contribution in [1.82, 2.24) is 0 Å². The average molecular weight is 1030 g/mol. The quantitative estimate of drug-likeness (QED) is 0.163. The first kappa shape index (κ1) is 52.3. The molecule has 0 aromatic heterocycles. The molecule has 0 saturated carbocycles. The van der Waals surface area contributed by atoms with Crippen molar-refractivity contribution in [3.8, 4) is 67.1 Å². The summed E-state index contributed by atoms with van der Waals surface area (Å²) in [6.07, 6.45) is 0. The topological polar surface area (TPSA) is 12.5 Å². The SMILES string of the molecule is CC(C)(C)c1cccc(-c2cccc(-c3cccc(C(C)(C)C)c3)c2N2c3ccc4cc3B3c5cc(ccc5Oc5cc(-c6ccccc6)cc2c53)-c2cc(C(C)(C)C)cc(c2)C(C)(C)C(C)(C)c2cc-4cc(C(C)(C)C)c2)c1. The zero-order chi connectivity index (χ0) is 55.9. The maximum atomic E-state index is 7.45. The molecule has 0 N–H and O–H groups in total. The van der Waals surface area contributed by atoms with E-state index in [1.54, 1.807) is 0 Å². The van der Waals surface area contributed by atoms with Crippen LogP contribution in [0, 0.1) is 0 Å². The average Bonchev–Trinajstić information content (AvgIpc) is 3.46. The fourth-order valence-electron chi connectivity index (χ4n) is 12.6. The van der Waals surface area contributed by atoms with Crippen molar-refractivity contribution in [1.29, 1.82) is 0 Å². The predicted octanol–water partition coefficient (Wildman–Crippen LogP) is 19.2. The molecule has 9 aromatic carbocycles. The van der Waals surface area contributed by atoms with Crippen molar-refractivity contribution in [2.45, 2.75) is 143 Å². The van der Waals surface area contributed by atoms with Gasteiger partial charge in [-0.25, -0.2) is 0 Å². The van der Waals surface area contributed by atoms with Crippen LogP contribution in [0.1, 0.15) is 144 Å². The van der Waals surface area contributed by atoms with Gasteiger partial charge >= 0.3 is 0 Å². The van der Waals surface area contributed by atoms with Crippen LogP contribution in [-0.2, 0) is 32.5 Å². The standard InChI is InChI=1S/C76H78BNO/c1-71(2,3)55-27-20-25-50(35-55)61-29-22-30-62(51-26-21-28-56(36-51)72(4,5)6)70(61)78-65-33-31-48-41-63(65)77-64-42-49(32-34-67(64)79-68-44-54(43-66(78)69(68)77)47-23-18-17-19-24-47)53-38-58(74(10,11)12)46-60(40-53)76(15,16)75(13,14)59-39-52(48)37-57(45-59)73(7,8)9/h17-46H,1-16H3. The lowest BCUT2D eigenvalue weighted by atomic mass is 9.34. The van der Waals surface area contributed by atoms with Crippen LogP contribution in [0.4, 0.5) is 17.1 Å². The van der Waals surface area contributed by atoms with Crippen LogP contribution < -0.4 is 26.0 Å². The minimum atomic E-state index is -0.269. The Bertz CT molecular complexity index is 3840. The summed E-state index contributed by atoms with van der Waals surface area (Å²) >= 11 is 0. The highest BCUT2D eigenvalue weighted by Crippen LogP contribution is 2.52. The molecule has 0 spiro atoms. The summed E-state index contributed by atoms with van der Waals surface area (Å²) in [7, 11) is 0. The normalized spacial score (nSPS) is 15.1. The van der Waals surface area contributed by atoms with Gasteiger partial charge in [-0.2, -0.15) is 0 Å². The summed E-state index contributed by atoms with van der Waals surface area (Å²) in [4.78, 5) is 2.63. The number of fused-ring (bicyclic) bond motifs is 8. The maximum Gasteiger partial charge on any atom is 0.256 e. The van der Waals surface area contributed by atoms with E-state index in [9.17, 15) is 0 Å². The van der Waals surface area contributed by atoms with E-state index < -0.39 is 0 Å². The Kier molecular flexibility index (Phi) is 12.0. The van der Waals surface area contributed by atoms with E-state index in [-0.39, 0.29) is 39.2 Å². The minimum Gasteiger partial charge on any atom is -0.458 e. The Labute approximate surface area is 473 Å². The third-order valence-corrected chi connectivity index (χ3v) is 18.5. The van der Waals surface area contributed by atoms with Gasteiger partial charge in [0.2, 0.25) is 0 Å². The van der Waals surface area contributed by atoms with Crippen LogP contribution in [0.3, 0.4) is 0 Å². The van der Waals surface area contributed by atoms with Gasteiger partial charge in [-0.1, -0.05) is 269 Å². The van der Waals surface area contributed by atoms with Crippen LogP contribution in [-0.4, -0.2) is 6.71 Å². The van der Waals surface area contributed by atoms with E-state index in [4.69, 9.17) is 4.74 Å². The van der Waals surface area contributed by atoms with Gasteiger partial charge in [0, 0.05) is 22.5 Å². The summed E-state index contributed by atoms with van der Waals surface area (Å²) < 4.78 is 7.45. The van der Waals surface area contributed by atoms with E-state index in [1.165, 1.54) is 100.0 Å². The molecule has 0 fully saturated rings. The highest BCUT2D eigenvalue weighted by Gasteiger charge is 2.45.